The van der Waals surface area contributed by atoms with Gasteiger partial charge in [0.15, 0.2) is 5.82 Å². The first kappa shape index (κ1) is 16.0. The van der Waals surface area contributed by atoms with Gasteiger partial charge < -0.3 is 9.30 Å². The van der Waals surface area contributed by atoms with Crippen LogP contribution in [0.15, 0.2) is 79.0 Å². The van der Waals surface area contributed by atoms with Crippen molar-refractivity contribution in [3.05, 3.63) is 84.6 Å². The van der Waals surface area contributed by atoms with E-state index < -0.39 is 0 Å². The van der Waals surface area contributed by atoms with Gasteiger partial charge in [-0.1, -0.05) is 48.5 Å². The Balaban J connectivity index is 1.61. The molecule has 2 aromatic carbocycles. The monoisotopic (exact) mass is 343 g/mol. The van der Waals surface area contributed by atoms with Gasteiger partial charge in [-0.25, -0.2) is 4.98 Å². The smallest absolute Gasteiger partial charge is 0.326 e. The van der Waals surface area contributed by atoms with Crippen molar-refractivity contribution in [1.29, 1.82) is 0 Å². The number of ether oxygens (including phenoxy) is 1. The molecule has 0 N–H and O–H groups in total. The Kier molecular flexibility index (Phi) is 4.43. The molecule has 128 valence electrons. The minimum Gasteiger partial charge on any atom is -0.459 e. The molecule has 0 spiro atoms. The minimum absolute atomic E-state index is 0.0826. The number of hydrogen-bond acceptors (Lipinski definition) is 4. The van der Waals surface area contributed by atoms with E-state index in [0.29, 0.717) is 5.82 Å². The Bertz CT molecular complexity index is 1030. The van der Waals surface area contributed by atoms with Gasteiger partial charge in [-0.15, -0.1) is 0 Å². The van der Waals surface area contributed by atoms with Gasteiger partial charge in [-0.3, -0.25) is 9.78 Å². The molecule has 0 bridgehead atoms. The molecule has 0 amide bonds. The molecule has 0 aliphatic heterocycles. The van der Waals surface area contributed by atoms with Gasteiger partial charge in [0.1, 0.15) is 18.8 Å². The Hall–Kier alpha value is -3.47. The third-order valence-electron chi connectivity index (χ3n) is 4.08. The molecule has 5 nitrogen and oxygen atoms in total. The summed E-state index contributed by atoms with van der Waals surface area (Å²) in [5, 5.41) is 0. The number of benzene rings is 2. The predicted molar refractivity (Wildman–Crippen MR) is 99.2 cm³/mol. The molecule has 4 aromatic rings. The zero-order valence-electron chi connectivity index (χ0n) is 14.1. The molecule has 2 heterocycles. The van der Waals surface area contributed by atoms with Crippen molar-refractivity contribution >= 4 is 17.0 Å². The summed E-state index contributed by atoms with van der Waals surface area (Å²) in [6.45, 7) is 0.338. The number of rotatable bonds is 5. The Morgan fingerprint density at radius 2 is 1.69 bits per heavy atom. The van der Waals surface area contributed by atoms with E-state index in [4.69, 9.17) is 4.74 Å². The second-order valence-electron chi connectivity index (χ2n) is 5.87. The van der Waals surface area contributed by atoms with Gasteiger partial charge in [0, 0.05) is 6.20 Å². The standard InChI is InChI=1S/C21H17N3O2/c25-20(26-15-16-8-2-1-3-9-16)14-24-19-12-5-4-10-17(19)23-21(24)18-11-6-7-13-22-18/h1-13H,14-15H2. The third kappa shape index (κ3) is 3.32. The zero-order valence-corrected chi connectivity index (χ0v) is 14.1. The highest BCUT2D eigenvalue weighted by Gasteiger charge is 2.16. The molecule has 4 rings (SSSR count). The quantitative estimate of drug-likeness (QED) is 0.517. The van der Waals surface area contributed by atoms with E-state index >= 15 is 0 Å². The van der Waals surface area contributed by atoms with Crippen LogP contribution in [0.25, 0.3) is 22.6 Å². The van der Waals surface area contributed by atoms with Crippen molar-refractivity contribution in [2.24, 2.45) is 0 Å². The second kappa shape index (κ2) is 7.19. The third-order valence-corrected chi connectivity index (χ3v) is 4.08. The molecule has 0 fully saturated rings. The molecule has 0 aliphatic carbocycles. The van der Waals surface area contributed by atoms with Crippen molar-refractivity contribution in [3.63, 3.8) is 0 Å². The molecule has 0 aliphatic rings. The van der Waals surface area contributed by atoms with Gasteiger partial charge in [0.2, 0.25) is 0 Å². The van der Waals surface area contributed by atoms with Crippen molar-refractivity contribution in [1.82, 2.24) is 14.5 Å². The van der Waals surface area contributed by atoms with Crippen LogP contribution in [-0.4, -0.2) is 20.5 Å². The summed E-state index contributed by atoms with van der Waals surface area (Å²) in [5.74, 6) is 0.345. The summed E-state index contributed by atoms with van der Waals surface area (Å²) in [7, 11) is 0. The van der Waals surface area contributed by atoms with E-state index in [-0.39, 0.29) is 19.1 Å². The van der Waals surface area contributed by atoms with Crippen LogP contribution in [0.4, 0.5) is 0 Å². The van der Waals surface area contributed by atoms with E-state index in [1.807, 2.05) is 77.4 Å². The minimum atomic E-state index is -0.311. The van der Waals surface area contributed by atoms with Crippen molar-refractivity contribution in [2.45, 2.75) is 13.2 Å². The van der Waals surface area contributed by atoms with Gasteiger partial charge in [-0.2, -0.15) is 0 Å². The second-order valence-corrected chi connectivity index (χ2v) is 5.87. The summed E-state index contributed by atoms with van der Waals surface area (Å²) in [6, 6.07) is 23.0. The van der Waals surface area contributed by atoms with Gasteiger partial charge in [-0.05, 0) is 29.8 Å². The summed E-state index contributed by atoms with van der Waals surface area (Å²) < 4.78 is 7.29. The lowest BCUT2D eigenvalue weighted by Crippen LogP contribution is -2.14. The number of aromatic nitrogens is 3. The van der Waals surface area contributed by atoms with E-state index in [1.165, 1.54) is 0 Å². The number of fused-ring (bicyclic) bond motifs is 1. The Morgan fingerprint density at radius 3 is 2.50 bits per heavy atom. The van der Waals surface area contributed by atoms with Crippen LogP contribution in [0.3, 0.4) is 0 Å². The van der Waals surface area contributed by atoms with E-state index in [9.17, 15) is 4.79 Å². The van der Waals surface area contributed by atoms with Crippen LogP contribution >= 0.6 is 0 Å². The molecule has 0 atom stereocenters. The molecule has 0 unspecified atom stereocenters. The maximum atomic E-state index is 12.4. The molecular weight excluding hydrogens is 326 g/mol. The largest absolute Gasteiger partial charge is 0.459 e. The highest BCUT2D eigenvalue weighted by Crippen LogP contribution is 2.23. The van der Waals surface area contributed by atoms with E-state index in [2.05, 4.69) is 9.97 Å². The Labute approximate surface area is 150 Å². The van der Waals surface area contributed by atoms with E-state index in [1.54, 1.807) is 6.20 Å². The van der Waals surface area contributed by atoms with Crippen molar-refractivity contribution in [3.8, 4) is 11.5 Å². The number of nitrogens with zero attached hydrogens (tertiary/aromatic N) is 3. The van der Waals surface area contributed by atoms with Gasteiger partial charge in [0.05, 0.1) is 11.0 Å². The van der Waals surface area contributed by atoms with Crippen molar-refractivity contribution < 1.29 is 9.53 Å². The first-order valence-electron chi connectivity index (χ1n) is 8.37. The molecule has 0 saturated carbocycles. The van der Waals surface area contributed by atoms with Gasteiger partial charge in [0.25, 0.3) is 0 Å². The number of pyridine rings is 1. The lowest BCUT2D eigenvalue weighted by molar-refractivity contribution is -0.145. The molecule has 2 aromatic heterocycles. The molecule has 26 heavy (non-hydrogen) atoms. The maximum absolute atomic E-state index is 12.4. The number of carbonyl (C=O) groups is 1. The fourth-order valence-corrected chi connectivity index (χ4v) is 2.84. The highest BCUT2D eigenvalue weighted by atomic mass is 16.5. The highest BCUT2D eigenvalue weighted by molar-refractivity contribution is 5.82. The summed E-state index contributed by atoms with van der Waals surface area (Å²) in [4.78, 5) is 21.4. The fourth-order valence-electron chi connectivity index (χ4n) is 2.84. The molecular formula is C21H17N3O2. The fraction of sp³-hybridized carbons (Fsp3) is 0.0952. The molecule has 5 heteroatoms. The Morgan fingerprint density at radius 1 is 0.923 bits per heavy atom. The van der Waals surface area contributed by atoms with Crippen LogP contribution in [0.2, 0.25) is 0 Å². The van der Waals surface area contributed by atoms with Crippen LogP contribution in [0.5, 0.6) is 0 Å². The lowest BCUT2D eigenvalue weighted by Gasteiger charge is -2.09. The maximum Gasteiger partial charge on any atom is 0.326 e. The van der Waals surface area contributed by atoms with Crippen LogP contribution in [0.1, 0.15) is 5.56 Å². The van der Waals surface area contributed by atoms with E-state index in [0.717, 1.165) is 22.3 Å². The number of imidazole rings is 1. The van der Waals surface area contributed by atoms with Crippen LogP contribution < -0.4 is 0 Å². The first-order valence-corrected chi connectivity index (χ1v) is 8.37. The van der Waals surface area contributed by atoms with Crippen LogP contribution in [0, 0.1) is 0 Å². The first-order chi connectivity index (χ1) is 12.8. The number of carbonyl (C=O) groups excluding carboxylic acids is 1. The normalized spacial score (nSPS) is 10.8. The predicted octanol–water partition coefficient (Wildman–Crippen LogP) is 3.84. The van der Waals surface area contributed by atoms with Crippen LogP contribution in [-0.2, 0) is 22.7 Å². The average molecular weight is 343 g/mol. The molecule has 0 radical (unpaired) electrons. The number of esters is 1. The van der Waals surface area contributed by atoms with Gasteiger partial charge >= 0.3 is 5.97 Å². The van der Waals surface area contributed by atoms with Crippen molar-refractivity contribution in [2.75, 3.05) is 0 Å². The summed E-state index contributed by atoms with van der Waals surface area (Å²) >= 11 is 0. The number of hydrogen-bond donors (Lipinski definition) is 0. The lowest BCUT2D eigenvalue weighted by atomic mass is 10.2. The molecule has 0 saturated heterocycles. The summed E-state index contributed by atoms with van der Waals surface area (Å²) in [5.41, 5.74) is 3.38. The summed E-state index contributed by atoms with van der Waals surface area (Å²) in [6.07, 6.45) is 1.72. The topological polar surface area (TPSA) is 57.0 Å². The average Bonchev–Trinajstić information content (AvgIpc) is 3.06. The zero-order chi connectivity index (χ0) is 17.8. The number of para-hydroxylation sites is 2. The SMILES string of the molecule is O=C(Cn1c(-c2ccccn2)nc2ccccc21)OCc1ccccc1.